The van der Waals surface area contributed by atoms with Gasteiger partial charge in [0.2, 0.25) is 10.0 Å². The third kappa shape index (κ3) is 3.94. The fourth-order valence-electron chi connectivity index (χ4n) is 1.90. The van der Waals surface area contributed by atoms with Crippen LogP contribution in [0.15, 0.2) is 17.0 Å². The molecule has 5 nitrogen and oxygen atoms in total. The summed E-state index contributed by atoms with van der Waals surface area (Å²) in [5.41, 5.74) is 0.178. The van der Waals surface area contributed by atoms with Gasteiger partial charge < -0.3 is 9.84 Å². The highest BCUT2D eigenvalue weighted by Crippen LogP contribution is 2.25. The maximum atomic E-state index is 12.4. The predicted molar refractivity (Wildman–Crippen MR) is 78.6 cm³/mol. The first-order valence-corrected chi connectivity index (χ1v) is 7.98. The molecule has 1 rings (SSSR count). The second-order valence-electron chi connectivity index (χ2n) is 5.27. The van der Waals surface area contributed by atoms with Crippen LogP contribution in [0.4, 0.5) is 0 Å². The number of rotatable bonds is 6. The summed E-state index contributed by atoms with van der Waals surface area (Å²) in [5, 5.41) is 9.91. The second-order valence-corrected chi connectivity index (χ2v) is 6.97. The lowest BCUT2D eigenvalue weighted by atomic mass is 10.1. The molecule has 0 radical (unpaired) electrons. The van der Waals surface area contributed by atoms with Gasteiger partial charge in [-0.1, -0.05) is 6.92 Å². The van der Waals surface area contributed by atoms with Crippen molar-refractivity contribution in [3.63, 3.8) is 0 Å². The predicted octanol–water partition coefficient (Wildman–Crippen LogP) is 1.75. The van der Waals surface area contributed by atoms with E-state index in [1.165, 1.54) is 0 Å². The zero-order chi connectivity index (χ0) is 15.6. The van der Waals surface area contributed by atoms with Crippen LogP contribution in [0.25, 0.3) is 0 Å². The van der Waals surface area contributed by atoms with Crippen LogP contribution >= 0.6 is 0 Å². The van der Waals surface area contributed by atoms with E-state index in [0.717, 1.165) is 0 Å². The van der Waals surface area contributed by atoms with Gasteiger partial charge in [0.15, 0.2) is 0 Å². The van der Waals surface area contributed by atoms with E-state index in [1.54, 1.807) is 46.9 Å². The summed E-state index contributed by atoms with van der Waals surface area (Å²) in [6.45, 7) is 6.84. The van der Waals surface area contributed by atoms with Gasteiger partial charge in [-0.3, -0.25) is 0 Å². The topological polar surface area (TPSA) is 75.6 Å². The van der Waals surface area contributed by atoms with Gasteiger partial charge in [0.1, 0.15) is 5.75 Å². The smallest absolute Gasteiger partial charge is 0.241 e. The molecule has 0 heterocycles. The molecule has 1 atom stereocenters. The summed E-state index contributed by atoms with van der Waals surface area (Å²) < 4.78 is 32.3. The first-order valence-electron chi connectivity index (χ1n) is 6.50. The molecular formula is C14H23NO4S. The van der Waals surface area contributed by atoms with Gasteiger partial charge in [-0.05, 0) is 50.5 Å². The van der Waals surface area contributed by atoms with Crippen LogP contribution in [0.2, 0.25) is 0 Å². The average Bonchev–Trinajstić information content (AvgIpc) is 2.35. The van der Waals surface area contributed by atoms with Crippen LogP contribution in [0.5, 0.6) is 5.75 Å². The molecule has 1 aromatic rings. The first-order chi connectivity index (χ1) is 9.13. The molecule has 0 aromatic heterocycles. The molecule has 0 amide bonds. The summed E-state index contributed by atoms with van der Waals surface area (Å²) in [7, 11) is -2.11. The first kappa shape index (κ1) is 16.9. The highest BCUT2D eigenvalue weighted by atomic mass is 32.2. The summed E-state index contributed by atoms with van der Waals surface area (Å²) in [6.07, 6.45) is 0.468. The van der Waals surface area contributed by atoms with Crippen LogP contribution < -0.4 is 9.46 Å². The lowest BCUT2D eigenvalue weighted by molar-refractivity contribution is 0.0613. The van der Waals surface area contributed by atoms with Crippen molar-refractivity contribution in [3.05, 3.63) is 23.3 Å². The van der Waals surface area contributed by atoms with E-state index < -0.39 is 15.6 Å². The SMILES string of the molecule is CCC(C)(O)CNS(=O)(=O)c1c(C)cc(OC)cc1C. The zero-order valence-corrected chi connectivity index (χ0v) is 13.5. The number of methoxy groups -OCH3 is 1. The van der Waals surface area contributed by atoms with Crippen molar-refractivity contribution in [1.29, 1.82) is 0 Å². The molecule has 114 valence electrons. The third-order valence-electron chi connectivity index (χ3n) is 3.34. The van der Waals surface area contributed by atoms with Gasteiger partial charge in [0, 0.05) is 6.54 Å². The fourth-order valence-corrected chi connectivity index (χ4v) is 3.51. The largest absolute Gasteiger partial charge is 0.497 e. The maximum absolute atomic E-state index is 12.4. The van der Waals surface area contributed by atoms with E-state index in [-0.39, 0.29) is 11.4 Å². The van der Waals surface area contributed by atoms with Crippen LogP contribution in [0, 0.1) is 13.8 Å². The van der Waals surface area contributed by atoms with Gasteiger partial charge in [0.25, 0.3) is 0 Å². The minimum Gasteiger partial charge on any atom is -0.497 e. The standard InChI is InChI=1S/C14H23NO4S/c1-6-14(4,16)9-15-20(17,18)13-10(2)7-12(19-5)8-11(13)3/h7-8,15-16H,6,9H2,1-5H3. The molecule has 0 saturated heterocycles. The average molecular weight is 301 g/mol. The van der Waals surface area contributed by atoms with E-state index in [2.05, 4.69) is 4.72 Å². The second kappa shape index (κ2) is 6.11. The van der Waals surface area contributed by atoms with E-state index >= 15 is 0 Å². The monoisotopic (exact) mass is 301 g/mol. The number of nitrogens with one attached hydrogen (secondary N) is 1. The molecule has 1 unspecified atom stereocenters. The Kier molecular flexibility index (Phi) is 5.18. The molecule has 20 heavy (non-hydrogen) atoms. The van der Waals surface area contributed by atoms with Crippen LogP contribution in [-0.4, -0.2) is 32.8 Å². The van der Waals surface area contributed by atoms with Gasteiger partial charge >= 0.3 is 0 Å². The Morgan fingerprint density at radius 2 is 1.80 bits per heavy atom. The van der Waals surface area contributed by atoms with Crippen molar-refractivity contribution in [3.8, 4) is 5.75 Å². The molecule has 0 spiro atoms. The Labute approximate surface area is 121 Å². The number of ether oxygens (including phenoxy) is 1. The van der Waals surface area contributed by atoms with Crippen LogP contribution in [-0.2, 0) is 10.0 Å². The lowest BCUT2D eigenvalue weighted by Crippen LogP contribution is -2.40. The van der Waals surface area contributed by atoms with Crippen molar-refractivity contribution in [2.75, 3.05) is 13.7 Å². The Hall–Kier alpha value is -1.11. The third-order valence-corrected chi connectivity index (χ3v) is 5.05. The molecular weight excluding hydrogens is 278 g/mol. The molecule has 0 fully saturated rings. The lowest BCUT2D eigenvalue weighted by Gasteiger charge is -2.22. The van der Waals surface area contributed by atoms with Crippen LogP contribution in [0.3, 0.4) is 0 Å². The molecule has 2 N–H and O–H groups in total. The summed E-state index contributed by atoms with van der Waals surface area (Å²) in [6, 6.07) is 3.36. The quantitative estimate of drug-likeness (QED) is 0.839. The van der Waals surface area contributed by atoms with Crippen molar-refractivity contribution in [2.24, 2.45) is 0 Å². The van der Waals surface area contributed by atoms with E-state index in [9.17, 15) is 13.5 Å². The van der Waals surface area contributed by atoms with Gasteiger partial charge in [-0.25, -0.2) is 13.1 Å². The number of aliphatic hydroxyl groups is 1. The minimum absolute atomic E-state index is 0.0171. The van der Waals surface area contributed by atoms with E-state index in [0.29, 0.717) is 23.3 Å². The Morgan fingerprint density at radius 3 is 2.20 bits per heavy atom. The fraction of sp³-hybridized carbons (Fsp3) is 0.571. The van der Waals surface area contributed by atoms with Gasteiger partial charge in [0.05, 0.1) is 17.6 Å². The van der Waals surface area contributed by atoms with Crippen molar-refractivity contribution >= 4 is 10.0 Å². The van der Waals surface area contributed by atoms with E-state index in [1.807, 2.05) is 0 Å². The van der Waals surface area contributed by atoms with Gasteiger partial charge in [-0.2, -0.15) is 0 Å². The molecule has 6 heteroatoms. The molecule has 0 aliphatic rings. The normalized spacial score (nSPS) is 14.9. The summed E-state index contributed by atoms with van der Waals surface area (Å²) in [5.74, 6) is 0.625. The summed E-state index contributed by atoms with van der Waals surface area (Å²) in [4.78, 5) is 0.241. The molecule has 0 aliphatic carbocycles. The van der Waals surface area contributed by atoms with E-state index in [4.69, 9.17) is 4.74 Å². The maximum Gasteiger partial charge on any atom is 0.241 e. The highest BCUT2D eigenvalue weighted by molar-refractivity contribution is 7.89. The molecule has 1 aromatic carbocycles. The Balaban J connectivity index is 3.11. The summed E-state index contributed by atoms with van der Waals surface area (Å²) >= 11 is 0. The van der Waals surface area contributed by atoms with Crippen molar-refractivity contribution < 1.29 is 18.3 Å². The van der Waals surface area contributed by atoms with Crippen molar-refractivity contribution in [2.45, 2.75) is 44.6 Å². The highest BCUT2D eigenvalue weighted by Gasteiger charge is 2.25. The molecule has 0 aliphatic heterocycles. The number of benzene rings is 1. The number of hydrogen-bond acceptors (Lipinski definition) is 4. The van der Waals surface area contributed by atoms with Crippen LogP contribution in [0.1, 0.15) is 31.4 Å². The minimum atomic E-state index is -3.66. The van der Waals surface area contributed by atoms with Crippen molar-refractivity contribution in [1.82, 2.24) is 4.72 Å². The van der Waals surface area contributed by atoms with Gasteiger partial charge in [-0.15, -0.1) is 0 Å². The number of sulfonamides is 1. The molecule has 0 saturated carbocycles. The Morgan fingerprint density at radius 1 is 1.30 bits per heavy atom. The number of hydrogen-bond donors (Lipinski definition) is 2. The Bertz CT molecular complexity index is 556. The molecule has 0 bridgehead atoms. The number of aryl methyl sites for hydroxylation is 2. The zero-order valence-electron chi connectivity index (χ0n) is 12.6.